The van der Waals surface area contributed by atoms with Crippen LogP contribution < -0.4 is 0 Å². The highest BCUT2D eigenvalue weighted by Crippen LogP contribution is 2.26. The molecule has 0 radical (unpaired) electrons. The summed E-state index contributed by atoms with van der Waals surface area (Å²) in [6.07, 6.45) is 4.03. The molecular formula is C17H23NO2. The molecule has 0 rings (SSSR count). The van der Waals surface area contributed by atoms with E-state index in [2.05, 4.69) is 39.5 Å². The quantitative estimate of drug-likeness (QED) is 0.361. The molecule has 0 aromatic rings. The second kappa shape index (κ2) is 8.00. The minimum atomic E-state index is -0.618. The summed E-state index contributed by atoms with van der Waals surface area (Å²) >= 11 is 0. The Bertz CT molecular complexity index is 450. The lowest BCUT2D eigenvalue weighted by atomic mass is 10.0. The van der Waals surface area contributed by atoms with E-state index in [-0.39, 0.29) is 17.6 Å². The molecule has 108 valence electrons. The minimum absolute atomic E-state index is 0.0478. The van der Waals surface area contributed by atoms with Crippen molar-refractivity contribution in [3.8, 4) is 0 Å². The molecule has 0 aliphatic rings. The number of nitrogens with zero attached hydrogens (tertiary/aromatic N) is 1. The van der Waals surface area contributed by atoms with Crippen LogP contribution in [-0.2, 0) is 4.74 Å². The monoisotopic (exact) mass is 273 g/mol. The molecule has 0 saturated carbocycles. The van der Waals surface area contributed by atoms with Gasteiger partial charge in [-0.05, 0) is 12.0 Å². The van der Waals surface area contributed by atoms with Crippen LogP contribution in [0.25, 0.3) is 0 Å². The van der Waals surface area contributed by atoms with E-state index < -0.39 is 6.09 Å². The van der Waals surface area contributed by atoms with Crippen LogP contribution in [0.1, 0.15) is 13.8 Å². The minimum Gasteiger partial charge on any atom is -0.410 e. The first-order chi connectivity index (χ1) is 9.29. The van der Waals surface area contributed by atoms with Crippen molar-refractivity contribution in [2.45, 2.75) is 13.8 Å². The molecule has 20 heavy (non-hydrogen) atoms. The first-order valence-electron chi connectivity index (χ1n) is 6.26. The number of ether oxygens (including phenoxy) is 1. The van der Waals surface area contributed by atoms with Crippen molar-refractivity contribution in [3.63, 3.8) is 0 Å². The molecule has 3 nitrogen and oxygen atoms in total. The molecule has 1 amide bonds. The lowest BCUT2D eigenvalue weighted by Gasteiger charge is -2.30. The Morgan fingerprint density at radius 1 is 1.05 bits per heavy atom. The third-order valence-electron chi connectivity index (χ3n) is 2.76. The normalized spacial score (nSPS) is 9.80. The maximum absolute atomic E-state index is 12.2. The summed E-state index contributed by atoms with van der Waals surface area (Å²) in [5.74, 6) is -0.0419. The Hall–Kier alpha value is -2.29. The fourth-order valence-electron chi connectivity index (χ4n) is 1.39. The molecule has 0 saturated heterocycles. The van der Waals surface area contributed by atoms with E-state index in [1.54, 1.807) is 12.2 Å². The SMILES string of the molecule is C=CC(=C)OC(=O)N(C(=C)C(C)C)C(=C)C(C=C)C=C. The second-order valence-corrected chi connectivity index (χ2v) is 4.51. The molecule has 0 unspecified atom stereocenters. The molecule has 0 aromatic carbocycles. The largest absolute Gasteiger partial charge is 0.423 e. The molecule has 0 aromatic heterocycles. The van der Waals surface area contributed by atoms with Crippen molar-refractivity contribution in [3.05, 3.63) is 74.9 Å². The molecule has 0 atom stereocenters. The van der Waals surface area contributed by atoms with Gasteiger partial charge in [0.2, 0.25) is 0 Å². The smallest absolute Gasteiger partial charge is 0.410 e. The van der Waals surface area contributed by atoms with Crippen LogP contribution in [0.15, 0.2) is 74.9 Å². The van der Waals surface area contributed by atoms with Crippen molar-refractivity contribution in [2.24, 2.45) is 11.8 Å². The third-order valence-corrected chi connectivity index (χ3v) is 2.76. The summed E-state index contributed by atoms with van der Waals surface area (Å²) < 4.78 is 5.08. The van der Waals surface area contributed by atoms with Gasteiger partial charge in [-0.25, -0.2) is 4.79 Å². The van der Waals surface area contributed by atoms with Gasteiger partial charge in [0.25, 0.3) is 0 Å². The first-order valence-corrected chi connectivity index (χ1v) is 6.26. The van der Waals surface area contributed by atoms with Crippen LogP contribution in [0.5, 0.6) is 0 Å². The summed E-state index contributed by atoms with van der Waals surface area (Å²) in [6.45, 7) is 26.1. The average molecular weight is 273 g/mol. The molecule has 0 spiro atoms. The van der Waals surface area contributed by atoms with Gasteiger partial charge in [-0.2, -0.15) is 0 Å². The topological polar surface area (TPSA) is 29.5 Å². The summed E-state index contributed by atoms with van der Waals surface area (Å²) in [4.78, 5) is 13.6. The third kappa shape index (κ3) is 4.43. The van der Waals surface area contributed by atoms with Gasteiger partial charge in [-0.15, -0.1) is 13.2 Å². The molecule has 0 aliphatic carbocycles. The summed E-state index contributed by atoms with van der Waals surface area (Å²) in [5, 5.41) is 0. The van der Waals surface area contributed by atoms with Gasteiger partial charge in [0.15, 0.2) is 0 Å². The highest BCUT2D eigenvalue weighted by molar-refractivity contribution is 5.74. The van der Waals surface area contributed by atoms with E-state index in [1.807, 2.05) is 13.8 Å². The van der Waals surface area contributed by atoms with Crippen molar-refractivity contribution in [1.29, 1.82) is 0 Å². The fraction of sp³-hybridized carbons (Fsp3) is 0.235. The zero-order valence-corrected chi connectivity index (χ0v) is 12.4. The Kier molecular flexibility index (Phi) is 7.08. The Balaban J connectivity index is 5.43. The van der Waals surface area contributed by atoms with Crippen molar-refractivity contribution >= 4 is 6.09 Å². The molecule has 0 aliphatic heterocycles. The predicted octanol–water partition coefficient (Wildman–Crippen LogP) is 4.80. The van der Waals surface area contributed by atoms with Gasteiger partial charge >= 0.3 is 6.09 Å². The van der Waals surface area contributed by atoms with Crippen LogP contribution in [0, 0.1) is 11.8 Å². The predicted molar refractivity (Wildman–Crippen MR) is 84.7 cm³/mol. The van der Waals surface area contributed by atoms with E-state index in [1.165, 1.54) is 11.0 Å². The lowest BCUT2D eigenvalue weighted by molar-refractivity contribution is 0.149. The molecule has 0 N–H and O–H groups in total. The van der Waals surface area contributed by atoms with Crippen LogP contribution >= 0.6 is 0 Å². The Morgan fingerprint density at radius 3 is 1.90 bits per heavy atom. The molecular weight excluding hydrogens is 250 g/mol. The number of rotatable bonds is 8. The van der Waals surface area contributed by atoms with E-state index in [0.717, 1.165) is 0 Å². The van der Waals surface area contributed by atoms with Gasteiger partial charge in [-0.3, -0.25) is 4.90 Å². The molecule has 0 bridgehead atoms. The summed E-state index contributed by atoms with van der Waals surface area (Å²) in [7, 11) is 0. The van der Waals surface area contributed by atoms with E-state index in [0.29, 0.717) is 11.4 Å². The van der Waals surface area contributed by atoms with Crippen LogP contribution in [-0.4, -0.2) is 11.0 Å². The fourth-order valence-corrected chi connectivity index (χ4v) is 1.39. The Morgan fingerprint density at radius 2 is 1.55 bits per heavy atom. The standard InChI is InChI=1S/C17H23NO2/c1-9-13(6)20-17(19)18(14(7)12(4)5)15(8)16(10-2)11-3/h9-12,16H,1-3,6-8H2,4-5H3. The first kappa shape index (κ1) is 17.7. The number of allylic oxidation sites excluding steroid dienone is 3. The molecule has 0 fully saturated rings. The van der Waals surface area contributed by atoms with Crippen molar-refractivity contribution in [2.75, 3.05) is 0 Å². The number of hydrogen-bond acceptors (Lipinski definition) is 2. The van der Waals surface area contributed by atoms with Gasteiger partial charge in [0.1, 0.15) is 5.76 Å². The highest BCUT2D eigenvalue weighted by Gasteiger charge is 2.26. The molecule has 0 heterocycles. The maximum atomic E-state index is 12.2. The Labute approximate surface area is 121 Å². The zero-order valence-electron chi connectivity index (χ0n) is 12.4. The van der Waals surface area contributed by atoms with Crippen LogP contribution in [0.4, 0.5) is 4.79 Å². The van der Waals surface area contributed by atoms with E-state index in [9.17, 15) is 4.79 Å². The number of carbonyl (C=O) groups excluding carboxylic acids is 1. The van der Waals surface area contributed by atoms with Gasteiger partial charge in [0, 0.05) is 17.3 Å². The summed E-state index contributed by atoms with van der Waals surface area (Å²) in [5.41, 5.74) is 1.06. The van der Waals surface area contributed by atoms with Crippen molar-refractivity contribution in [1.82, 2.24) is 4.90 Å². The lowest BCUT2D eigenvalue weighted by Crippen LogP contribution is -2.33. The zero-order chi connectivity index (χ0) is 15.9. The molecule has 3 heteroatoms. The van der Waals surface area contributed by atoms with Crippen LogP contribution in [0.2, 0.25) is 0 Å². The van der Waals surface area contributed by atoms with Crippen molar-refractivity contribution < 1.29 is 9.53 Å². The summed E-state index contributed by atoms with van der Waals surface area (Å²) in [6, 6.07) is 0. The van der Waals surface area contributed by atoms with Gasteiger partial charge in [-0.1, -0.05) is 52.3 Å². The highest BCUT2D eigenvalue weighted by atomic mass is 16.6. The number of carbonyl (C=O) groups is 1. The van der Waals surface area contributed by atoms with Gasteiger partial charge < -0.3 is 4.74 Å². The second-order valence-electron chi connectivity index (χ2n) is 4.51. The van der Waals surface area contributed by atoms with E-state index in [4.69, 9.17) is 4.74 Å². The van der Waals surface area contributed by atoms with Crippen LogP contribution in [0.3, 0.4) is 0 Å². The number of amides is 1. The average Bonchev–Trinajstić information content (AvgIpc) is 2.39. The number of hydrogen-bond donors (Lipinski definition) is 0. The van der Waals surface area contributed by atoms with Gasteiger partial charge in [0.05, 0.1) is 0 Å². The van der Waals surface area contributed by atoms with E-state index >= 15 is 0 Å². The maximum Gasteiger partial charge on any atom is 0.423 e.